The van der Waals surface area contributed by atoms with Gasteiger partial charge < -0.3 is 10.5 Å². The Morgan fingerprint density at radius 1 is 1.04 bits per heavy atom. The van der Waals surface area contributed by atoms with Crippen molar-refractivity contribution in [2.24, 2.45) is 5.16 Å². The zero-order chi connectivity index (χ0) is 18.7. The lowest BCUT2D eigenvalue weighted by atomic mass is 9.98. The quantitative estimate of drug-likeness (QED) is 0.330. The topological polar surface area (TPSA) is 57.5 Å². The molecule has 0 aliphatic rings. The van der Waals surface area contributed by atoms with Gasteiger partial charge in [0.1, 0.15) is 5.71 Å². The zero-order valence-corrected chi connectivity index (χ0v) is 15.8. The maximum absolute atomic E-state index is 9.58. The maximum Gasteiger partial charge on any atom is 0.118 e. The molecule has 2 aromatic carbocycles. The van der Waals surface area contributed by atoms with Gasteiger partial charge in [-0.1, -0.05) is 40.5 Å². The molecule has 132 valence electrons. The van der Waals surface area contributed by atoms with E-state index in [1.807, 2.05) is 44.2 Å². The average Bonchev–Trinajstić information content (AvgIpc) is 2.63. The molecular formula is C20H17Cl2N3O. The summed E-state index contributed by atoms with van der Waals surface area (Å²) in [6, 6.07) is 12.8. The van der Waals surface area contributed by atoms with Crippen molar-refractivity contribution in [3.63, 3.8) is 0 Å². The third kappa shape index (κ3) is 3.66. The molecule has 0 atom stereocenters. The molecule has 0 amide bonds. The predicted octanol–water partition coefficient (Wildman–Crippen LogP) is 5.98. The molecule has 6 heteroatoms. The van der Waals surface area contributed by atoms with E-state index in [-0.39, 0.29) is 0 Å². The highest BCUT2D eigenvalue weighted by Gasteiger charge is 2.16. The van der Waals surface area contributed by atoms with Gasteiger partial charge in [0, 0.05) is 28.0 Å². The Bertz CT molecular complexity index is 987. The van der Waals surface area contributed by atoms with Crippen LogP contribution in [0.4, 0.5) is 11.4 Å². The van der Waals surface area contributed by atoms with Crippen LogP contribution in [-0.4, -0.2) is 15.9 Å². The Kier molecular flexibility index (Phi) is 5.45. The fraction of sp³-hybridized carbons (Fsp3) is 0.100. The summed E-state index contributed by atoms with van der Waals surface area (Å²) in [6.07, 6.45) is 3.50. The maximum atomic E-state index is 9.58. The van der Waals surface area contributed by atoms with Gasteiger partial charge in [-0.2, -0.15) is 0 Å². The summed E-state index contributed by atoms with van der Waals surface area (Å²) in [4.78, 5) is 4.12. The van der Waals surface area contributed by atoms with E-state index < -0.39 is 0 Å². The molecule has 4 nitrogen and oxygen atoms in total. The van der Waals surface area contributed by atoms with Crippen molar-refractivity contribution in [3.05, 3.63) is 87.2 Å². The Balaban J connectivity index is 1.96. The molecule has 1 heterocycles. The second-order valence-electron chi connectivity index (χ2n) is 5.87. The van der Waals surface area contributed by atoms with Crippen LogP contribution in [0.2, 0.25) is 10.0 Å². The van der Waals surface area contributed by atoms with E-state index in [2.05, 4.69) is 15.5 Å². The average molecular weight is 386 g/mol. The van der Waals surface area contributed by atoms with Crippen LogP contribution in [-0.2, 0) is 0 Å². The first kappa shape index (κ1) is 18.2. The van der Waals surface area contributed by atoms with Gasteiger partial charge >= 0.3 is 0 Å². The lowest BCUT2D eigenvalue weighted by Gasteiger charge is -2.13. The van der Waals surface area contributed by atoms with Gasteiger partial charge in [-0.15, -0.1) is 0 Å². The third-order valence-corrected chi connectivity index (χ3v) is 4.89. The summed E-state index contributed by atoms with van der Waals surface area (Å²) in [7, 11) is 0. The van der Waals surface area contributed by atoms with Crippen LogP contribution in [0, 0.1) is 13.8 Å². The van der Waals surface area contributed by atoms with E-state index in [1.165, 1.54) is 0 Å². The Morgan fingerprint density at radius 2 is 1.85 bits per heavy atom. The van der Waals surface area contributed by atoms with Crippen LogP contribution in [0.3, 0.4) is 0 Å². The van der Waals surface area contributed by atoms with Crippen LogP contribution >= 0.6 is 23.2 Å². The van der Waals surface area contributed by atoms with Crippen molar-refractivity contribution in [2.45, 2.75) is 13.8 Å². The van der Waals surface area contributed by atoms with Gasteiger partial charge in [-0.05, 0) is 55.3 Å². The number of nitrogens with zero attached hydrogens (tertiary/aromatic N) is 2. The lowest BCUT2D eigenvalue weighted by Crippen LogP contribution is -2.07. The van der Waals surface area contributed by atoms with E-state index in [9.17, 15) is 5.21 Å². The molecule has 1 aromatic heterocycles. The number of benzene rings is 2. The summed E-state index contributed by atoms with van der Waals surface area (Å²) in [5, 5.41) is 17.4. The number of aromatic nitrogens is 1. The van der Waals surface area contributed by atoms with Crippen molar-refractivity contribution < 1.29 is 5.21 Å². The van der Waals surface area contributed by atoms with Gasteiger partial charge in [-0.3, -0.25) is 4.98 Å². The first-order chi connectivity index (χ1) is 12.5. The molecule has 0 radical (unpaired) electrons. The zero-order valence-electron chi connectivity index (χ0n) is 14.3. The van der Waals surface area contributed by atoms with Crippen LogP contribution in [0.15, 0.2) is 60.0 Å². The number of hydrogen-bond acceptors (Lipinski definition) is 4. The second-order valence-corrected chi connectivity index (χ2v) is 6.69. The molecular weight excluding hydrogens is 369 g/mol. The number of oxime groups is 1. The molecule has 26 heavy (non-hydrogen) atoms. The fourth-order valence-electron chi connectivity index (χ4n) is 2.65. The molecule has 3 rings (SSSR count). The van der Waals surface area contributed by atoms with E-state index in [0.717, 1.165) is 28.1 Å². The molecule has 0 saturated heterocycles. The van der Waals surface area contributed by atoms with Crippen molar-refractivity contribution in [1.82, 2.24) is 4.98 Å². The van der Waals surface area contributed by atoms with Crippen molar-refractivity contribution in [1.29, 1.82) is 0 Å². The SMILES string of the molecule is Cc1ccncc1Nc1ccc(C(=NO)c2cccc(Cl)c2C)c(Cl)c1. The minimum absolute atomic E-state index is 0.374. The summed E-state index contributed by atoms with van der Waals surface area (Å²) in [6.45, 7) is 3.87. The van der Waals surface area contributed by atoms with Crippen molar-refractivity contribution in [2.75, 3.05) is 5.32 Å². The predicted molar refractivity (Wildman–Crippen MR) is 107 cm³/mol. The molecule has 3 aromatic rings. The van der Waals surface area contributed by atoms with Gasteiger partial charge in [0.25, 0.3) is 0 Å². The highest BCUT2D eigenvalue weighted by molar-refractivity contribution is 6.36. The molecule has 0 bridgehead atoms. The monoisotopic (exact) mass is 385 g/mol. The van der Waals surface area contributed by atoms with Crippen LogP contribution in [0.25, 0.3) is 0 Å². The normalized spacial score (nSPS) is 11.5. The van der Waals surface area contributed by atoms with Gasteiger partial charge in [0.2, 0.25) is 0 Å². The molecule has 0 saturated carbocycles. The van der Waals surface area contributed by atoms with Crippen LogP contribution < -0.4 is 5.32 Å². The van der Waals surface area contributed by atoms with E-state index in [1.54, 1.807) is 24.5 Å². The van der Waals surface area contributed by atoms with E-state index >= 15 is 0 Å². The molecule has 0 aliphatic carbocycles. The number of anilines is 2. The Hall–Kier alpha value is -2.56. The van der Waals surface area contributed by atoms with Crippen molar-refractivity contribution in [3.8, 4) is 0 Å². The number of halogens is 2. The molecule has 2 N–H and O–H groups in total. The standard InChI is InChI=1S/C20H17Cl2N3O/c1-12-8-9-23-11-19(12)24-14-6-7-16(18(22)10-14)20(25-26)15-4-3-5-17(21)13(15)2/h3-11,24,26H,1-2H3. The highest BCUT2D eigenvalue weighted by Crippen LogP contribution is 2.29. The molecule has 0 fully saturated rings. The smallest absolute Gasteiger partial charge is 0.118 e. The molecule has 0 aliphatic heterocycles. The first-order valence-corrected chi connectivity index (χ1v) is 8.72. The third-order valence-electron chi connectivity index (χ3n) is 4.17. The molecule has 0 unspecified atom stereocenters. The Labute approximate surface area is 162 Å². The second kappa shape index (κ2) is 7.77. The summed E-state index contributed by atoms with van der Waals surface area (Å²) in [5.41, 5.74) is 5.34. The number of hydrogen-bond donors (Lipinski definition) is 2. The summed E-state index contributed by atoms with van der Waals surface area (Å²) < 4.78 is 0. The number of pyridine rings is 1. The van der Waals surface area contributed by atoms with Crippen LogP contribution in [0.1, 0.15) is 22.3 Å². The van der Waals surface area contributed by atoms with E-state index in [0.29, 0.717) is 21.3 Å². The fourth-order valence-corrected chi connectivity index (χ4v) is 3.10. The number of nitrogens with one attached hydrogen (secondary N) is 1. The highest BCUT2D eigenvalue weighted by atomic mass is 35.5. The van der Waals surface area contributed by atoms with E-state index in [4.69, 9.17) is 23.2 Å². The van der Waals surface area contributed by atoms with Crippen LogP contribution in [0.5, 0.6) is 0 Å². The van der Waals surface area contributed by atoms with Gasteiger partial charge in [-0.25, -0.2) is 0 Å². The lowest BCUT2D eigenvalue weighted by molar-refractivity contribution is 0.319. The largest absolute Gasteiger partial charge is 0.410 e. The molecule has 0 spiro atoms. The van der Waals surface area contributed by atoms with Crippen molar-refractivity contribution >= 4 is 40.3 Å². The van der Waals surface area contributed by atoms with Gasteiger partial charge in [0.15, 0.2) is 0 Å². The minimum atomic E-state index is 0.374. The summed E-state index contributed by atoms with van der Waals surface area (Å²) >= 11 is 12.7. The summed E-state index contributed by atoms with van der Waals surface area (Å²) in [5.74, 6) is 0. The first-order valence-electron chi connectivity index (χ1n) is 7.96. The minimum Gasteiger partial charge on any atom is -0.410 e. The number of aryl methyl sites for hydroxylation is 1. The number of rotatable bonds is 4. The Morgan fingerprint density at radius 3 is 2.54 bits per heavy atom. The van der Waals surface area contributed by atoms with Gasteiger partial charge in [0.05, 0.1) is 16.9 Å².